The number of aliphatic hydroxyl groups is 1. The molecule has 168 valence electrons. The first-order valence-corrected chi connectivity index (χ1v) is 11.1. The van der Waals surface area contributed by atoms with Crippen LogP contribution in [-0.4, -0.2) is 54.0 Å². The van der Waals surface area contributed by atoms with Gasteiger partial charge < -0.3 is 19.3 Å². The molecule has 31 heavy (non-hydrogen) atoms. The summed E-state index contributed by atoms with van der Waals surface area (Å²) in [7, 11) is 1.45. The minimum Gasteiger partial charge on any atom is -0.457 e. The van der Waals surface area contributed by atoms with Crippen molar-refractivity contribution in [3.63, 3.8) is 0 Å². The fourth-order valence-electron chi connectivity index (χ4n) is 6.32. The van der Waals surface area contributed by atoms with E-state index in [0.717, 1.165) is 5.57 Å². The summed E-state index contributed by atoms with van der Waals surface area (Å²) < 4.78 is 17.8. The first-order chi connectivity index (χ1) is 14.7. The van der Waals surface area contributed by atoms with Gasteiger partial charge in [-0.3, -0.25) is 4.79 Å². The number of ketones is 1. The van der Waals surface area contributed by atoms with Gasteiger partial charge in [-0.1, -0.05) is 32.1 Å². The van der Waals surface area contributed by atoms with Crippen LogP contribution in [0.3, 0.4) is 0 Å². The highest BCUT2D eigenvalue weighted by atomic mass is 16.6. The van der Waals surface area contributed by atoms with Gasteiger partial charge in [-0.25, -0.2) is 4.79 Å². The van der Waals surface area contributed by atoms with E-state index in [9.17, 15) is 20.0 Å². The predicted octanol–water partition coefficient (Wildman–Crippen LogP) is 2.19. The molecule has 2 unspecified atom stereocenters. The highest BCUT2D eigenvalue weighted by molar-refractivity contribution is 5.88. The number of nitrogens with zero attached hydrogens (tertiary/aromatic N) is 1. The van der Waals surface area contributed by atoms with Crippen LogP contribution in [0.1, 0.15) is 34.1 Å². The predicted molar refractivity (Wildman–Crippen MR) is 110 cm³/mol. The second-order valence-corrected chi connectivity index (χ2v) is 9.58. The standard InChI is InChI=1S/C24H31NO6/c1-11-8-12(2)24-15(9-18(29-5)23(28)30-21(11)14(4)26)6-7-16-19(24)20(27)13(3)17(10-25)22(16)31-24/h6-8,11,13-19,21-22,26H,9H2,1-5H3/b12-8+/t11-,13?,14-,15-,16-,17-,18?,19+,21+,22-,24+/m1/s1. The summed E-state index contributed by atoms with van der Waals surface area (Å²) in [5, 5.41) is 20.0. The van der Waals surface area contributed by atoms with E-state index in [1.54, 1.807) is 6.92 Å². The molecule has 0 aromatic rings. The number of aliphatic hydroxyl groups excluding tert-OH is 1. The summed E-state index contributed by atoms with van der Waals surface area (Å²) in [5.74, 6) is -2.56. The number of carbonyl (C=O) groups is 2. The van der Waals surface area contributed by atoms with E-state index >= 15 is 0 Å². The van der Waals surface area contributed by atoms with E-state index in [0.29, 0.717) is 0 Å². The lowest BCUT2D eigenvalue weighted by Gasteiger charge is -2.45. The lowest BCUT2D eigenvalue weighted by molar-refractivity contribution is -0.171. The Morgan fingerprint density at radius 3 is 2.65 bits per heavy atom. The average Bonchev–Trinajstić information content (AvgIpc) is 2.91. The van der Waals surface area contributed by atoms with Crippen molar-refractivity contribution in [2.75, 3.05) is 7.11 Å². The van der Waals surface area contributed by atoms with Gasteiger partial charge in [-0.05, 0) is 25.8 Å². The zero-order valence-corrected chi connectivity index (χ0v) is 18.6. The maximum Gasteiger partial charge on any atom is 0.335 e. The van der Waals surface area contributed by atoms with Crippen molar-refractivity contribution in [1.82, 2.24) is 0 Å². The summed E-state index contributed by atoms with van der Waals surface area (Å²) in [4.78, 5) is 26.4. The van der Waals surface area contributed by atoms with Gasteiger partial charge in [0.25, 0.3) is 0 Å². The first kappa shape index (κ1) is 22.2. The van der Waals surface area contributed by atoms with Crippen molar-refractivity contribution in [1.29, 1.82) is 5.26 Å². The van der Waals surface area contributed by atoms with Crippen molar-refractivity contribution >= 4 is 11.8 Å². The van der Waals surface area contributed by atoms with E-state index < -0.39 is 47.6 Å². The Hall–Kier alpha value is -2.01. The highest BCUT2D eigenvalue weighted by Crippen LogP contribution is 2.60. The molecule has 1 N–H and O–H groups in total. The van der Waals surface area contributed by atoms with E-state index in [1.165, 1.54) is 7.11 Å². The first-order valence-electron chi connectivity index (χ1n) is 11.1. The molecule has 0 aromatic heterocycles. The maximum atomic E-state index is 13.5. The van der Waals surface area contributed by atoms with Gasteiger partial charge in [-0.2, -0.15) is 5.26 Å². The minimum absolute atomic E-state index is 0.0423. The fourth-order valence-corrected chi connectivity index (χ4v) is 6.32. The van der Waals surface area contributed by atoms with Gasteiger partial charge in [0, 0.05) is 30.8 Å². The largest absolute Gasteiger partial charge is 0.457 e. The molecule has 2 aliphatic heterocycles. The third-order valence-corrected chi connectivity index (χ3v) is 7.86. The molecule has 1 saturated carbocycles. The number of cyclic esters (lactones) is 1. The molecular weight excluding hydrogens is 398 g/mol. The smallest absolute Gasteiger partial charge is 0.335 e. The molecule has 2 fully saturated rings. The van der Waals surface area contributed by atoms with Crippen molar-refractivity contribution in [3.05, 3.63) is 23.8 Å². The molecule has 2 aliphatic carbocycles. The van der Waals surface area contributed by atoms with Crippen molar-refractivity contribution in [2.24, 2.45) is 35.5 Å². The van der Waals surface area contributed by atoms with Crippen LogP contribution in [0, 0.1) is 46.8 Å². The van der Waals surface area contributed by atoms with E-state index in [4.69, 9.17) is 14.2 Å². The van der Waals surface area contributed by atoms with Gasteiger partial charge in [-0.15, -0.1) is 0 Å². The SMILES string of the molecule is COC1C[C@H]2C=C[C@H]3[C@H]4O[C@]2(/C(C)=C/[C@@H](C)[C@@H]([C@@H](C)O)OC1=O)[C@@H]3C(=O)C(C)[C@H]4C#N. The van der Waals surface area contributed by atoms with Crippen molar-refractivity contribution < 1.29 is 28.9 Å². The normalized spacial score (nSPS) is 49.3. The lowest BCUT2D eigenvalue weighted by Crippen LogP contribution is -2.54. The minimum atomic E-state index is -0.938. The van der Waals surface area contributed by atoms with Gasteiger partial charge in [0.05, 0.1) is 30.1 Å². The van der Waals surface area contributed by atoms with Crippen LogP contribution in [0.2, 0.25) is 0 Å². The molecule has 4 rings (SSSR count). The Kier molecular flexibility index (Phi) is 5.61. The van der Waals surface area contributed by atoms with Crippen LogP contribution in [0.5, 0.6) is 0 Å². The molecule has 1 spiro atoms. The van der Waals surface area contributed by atoms with Gasteiger partial charge in [0.15, 0.2) is 6.10 Å². The van der Waals surface area contributed by atoms with E-state index in [2.05, 4.69) is 6.07 Å². The summed E-state index contributed by atoms with van der Waals surface area (Å²) >= 11 is 0. The van der Waals surface area contributed by atoms with Crippen LogP contribution in [-0.2, 0) is 23.8 Å². The molecular formula is C24H31NO6. The molecule has 7 heteroatoms. The Bertz CT molecular complexity index is 872. The monoisotopic (exact) mass is 429 g/mol. The Morgan fingerprint density at radius 2 is 2.03 bits per heavy atom. The number of ether oxygens (including phenoxy) is 3. The second kappa shape index (κ2) is 7.84. The maximum absolute atomic E-state index is 13.5. The van der Waals surface area contributed by atoms with Gasteiger partial charge in [0.2, 0.25) is 0 Å². The van der Waals surface area contributed by atoms with Crippen LogP contribution in [0.25, 0.3) is 0 Å². The van der Waals surface area contributed by atoms with Gasteiger partial charge >= 0.3 is 5.97 Å². The van der Waals surface area contributed by atoms with Crippen molar-refractivity contribution in [3.8, 4) is 6.07 Å². The van der Waals surface area contributed by atoms with Crippen LogP contribution in [0.15, 0.2) is 23.8 Å². The van der Waals surface area contributed by atoms with Crippen LogP contribution in [0.4, 0.5) is 0 Å². The Morgan fingerprint density at radius 1 is 1.32 bits per heavy atom. The summed E-state index contributed by atoms with van der Waals surface area (Å²) in [6.07, 6.45) is 3.42. The van der Waals surface area contributed by atoms with Crippen LogP contribution < -0.4 is 0 Å². The number of hydrogen-bond acceptors (Lipinski definition) is 7. The molecule has 1 saturated heterocycles. The summed E-state index contributed by atoms with van der Waals surface area (Å²) in [6, 6.07) is 2.31. The molecule has 4 aliphatic rings. The molecule has 11 atom stereocenters. The molecule has 0 radical (unpaired) electrons. The quantitative estimate of drug-likeness (QED) is 0.530. The average molecular weight is 430 g/mol. The number of rotatable bonds is 2. The molecule has 4 bridgehead atoms. The topological polar surface area (TPSA) is 106 Å². The Balaban J connectivity index is 1.89. The third kappa shape index (κ3) is 3.11. The zero-order chi connectivity index (χ0) is 22.7. The number of methoxy groups -OCH3 is 1. The lowest BCUT2D eigenvalue weighted by atomic mass is 9.57. The van der Waals surface area contributed by atoms with E-state index in [-0.39, 0.29) is 36.1 Å². The van der Waals surface area contributed by atoms with Crippen LogP contribution >= 0.6 is 0 Å². The molecule has 0 aromatic carbocycles. The number of esters is 1. The summed E-state index contributed by atoms with van der Waals surface area (Å²) in [5.41, 5.74) is -0.0585. The second-order valence-electron chi connectivity index (χ2n) is 9.58. The number of Topliss-reactive ketones (excluding diaryl/α,β-unsaturated/α-hetero) is 1. The summed E-state index contributed by atoms with van der Waals surface area (Å²) in [6.45, 7) is 7.23. The molecule has 0 amide bonds. The fraction of sp³-hybridized carbons (Fsp3) is 0.708. The van der Waals surface area contributed by atoms with Crippen molar-refractivity contribution in [2.45, 2.75) is 64.1 Å². The molecule has 2 heterocycles. The number of carbonyl (C=O) groups excluding carboxylic acids is 2. The zero-order valence-electron chi connectivity index (χ0n) is 18.6. The molecule has 7 nitrogen and oxygen atoms in total. The number of nitriles is 1. The van der Waals surface area contributed by atoms with Gasteiger partial charge in [0.1, 0.15) is 17.5 Å². The Labute approximate surface area is 183 Å². The van der Waals surface area contributed by atoms with E-state index in [1.807, 2.05) is 39.0 Å². The third-order valence-electron chi connectivity index (χ3n) is 7.86. The number of hydrogen-bond donors (Lipinski definition) is 1. The highest BCUT2D eigenvalue weighted by Gasteiger charge is 2.68.